The van der Waals surface area contributed by atoms with Gasteiger partial charge >= 0.3 is 5.82 Å². The summed E-state index contributed by atoms with van der Waals surface area (Å²) in [7, 11) is 1.72. The molecule has 9 heteroatoms. The van der Waals surface area contributed by atoms with Crippen molar-refractivity contribution in [3.8, 4) is 0 Å². The van der Waals surface area contributed by atoms with E-state index in [1.165, 1.54) is 17.2 Å². The molecule has 0 amide bonds. The highest BCUT2D eigenvalue weighted by atomic mass is 35.5. The number of hydrogen-bond acceptors (Lipinski definition) is 5. The lowest BCUT2D eigenvalue weighted by atomic mass is 10.6. The van der Waals surface area contributed by atoms with E-state index in [9.17, 15) is 10.1 Å². The van der Waals surface area contributed by atoms with Gasteiger partial charge in [-0.15, -0.1) is 0 Å². The molecular weight excluding hydrogens is 236 g/mol. The van der Waals surface area contributed by atoms with Gasteiger partial charge in [-0.05, 0) is 4.92 Å². The molecule has 84 valence electrons. The van der Waals surface area contributed by atoms with Crippen molar-refractivity contribution in [2.24, 2.45) is 7.05 Å². The molecule has 0 aliphatic heterocycles. The van der Waals surface area contributed by atoms with Gasteiger partial charge in [0.25, 0.3) is 0 Å². The minimum absolute atomic E-state index is 0.00664. The topological polar surface area (TPSA) is 91.7 Å². The quantitative estimate of drug-likeness (QED) is 0.581. The van der Waals surface area contributed by atoms with E-state index in [4.69, 9.17) is 11.6 Å². The highest BCUT2D eigenvalue weighted by Crippen LogP contribution is 2.21. The summed E-state index contributed by atoms with van der Waals surface area (Å²) in [6.45, 7) is 0.282. The van der Waals surface area contributed by atoms with E-state index < -0.39 is 4.92 Å². The molecule has 0 unspecified atom stereocenters. The Balaban J connectivity index is 2.26. The van der Waals surface area contributed by atoms with Crippen molar-refractivity contribution in [3.05, 3.63) is 33.5 Å². The number of aromatic nitrogens is 5. The predicted molar refractivity (Wildman–Crippen MR) is 54.0 cm³/mol. The van der Waals surface area contributed by atoms with Crippen molar-refractivity contribution in [3.63, 3.8) is 0 Å². The molecule has 0 saturated carbocycles. The van der Waals surface area contributed by atoms with Crippen LogP contribution < -0.4 is 0 Å². The minimum Gasteiger partial charge on any atom is -0.358 e. The van der Waals surface area contributed by atoms with Gasteiger partial charge in [0, 0.05) is 7.05 Å². The predicted octanol–water partition coefficient (Wildman–Crippen LogP) is 0.621. The van der Waals surface area contributed by atoms with Crippen LogP contribution in [-0.4, -0.2) is 29.5 Å². The van der Waals surface area contributed by atoms with Crippen LogP contribution in [0, 0.1) is 10.1 Å². The standard InChI is InChI=1S/C7H7ClN6O2/c1-12-6(9-4-10-12)3-13-2-5(8)7(11-13)14(15)16/h2,4H,3H2,1H3. The molecule has 0 N–H and O–H groups in total. The molecule has 2 rings (SSSR count). The van der Waals surface area contributed by atoms with E-state index in [0.29, 0.717) is 5.82 Å². The summed E-state index contributed by atoms with van der Waals surface area (Å²) < 4.78 is 2.91. The molecule has 2 heterocycles. The zero-order chi connectivity index (χ0) is 11.7. The SMILES string of the molecule is Cn1ncnc1Cn1cc(Cl)c([N+](=O)[O-])n1. The first-order valence-corrected chi connectivity index (χ1v) is 4.66. The number of aryl methyl sites for hydroxylation is 1. The Morgan fingerprint density at radius 1 is 1.62 bits per heavy atom. The molecule has 0 bridgehead atoms. The lowest BCUT2D eigenvalue weighted by Crippen LogP contribution is -2.07. The summed E-state index contributed by atoms with van der Waals surface area (Å²) in [5.74, 6) is 0.276. The van der Waals surface area contributed by atoms with Crippen molar-refractivity contribution < 1.29 is 4.92 Å². The van der Waals surface area contributed by atoms with Crippen LogP contribution in [0.3, 0.4) is 0 Å². The lowest BCUT2D eigenvalue weighted by molar-refractivity contribution is -0.389. The third-order valence-electron chi connectivity index (χ3n) is 1.98. The molecule has 2 aromatic heterocycles. The summed E-state index contributed by atoms with van der Waals surface area (Å²) >= 11 is 5.65. The van der Waals surface area contributed by atoms with Crippen molar-refractivity contribution in [2.75, 3.05) is 0 Å². The van der Waals surface area contributed by atoms with Gasteiger partial charge in [0.1, 0.15) is 18.7 Å². The van der Waals surface area contributed by atoms with E-state index in [0.717, 1.165) is 0 Å². The van der Waals surface area contributed by atoms with Gasteiger partial charge in [0.2, 0.25) is 0 Å². The van der Waals surface area contributed by atoms with Crippen molar-refractivity contribution in [2.45, 2.75) is 6.54 Å². The molecule has 0 aliphatic rings. The fourth-order valence-electron chi connectivity index (χ4n) is 1.20. The molecule has 0 spiro atoms. The van der Waals surface area contributed by atoms with E-state index in [-0.39, 0.29) is 17.4 Å². The van der Waals surface area contributed by atoms with Crippen LogP contribution in [0.4, 0.5) is 5.82 Å². The van der Waals surface area contributed by atoms with Crippen LogP contribution in [0.25, 0.3) is 0 Å². The molecule has 0 atom stereocenters. The van der Waals surface area contributed by atoms with Gasteiger partial charge < -0.3 is 10.1 Å². The summed E-state index contributed by atoms with van der Waals surface area (Å²) in [5.41, 5.74) is 0. The Morgan fingerprint density at radius 2 is 2.38 bits per heavy atom. The van der Waals surface area contributed by atoms with Crippen molar-refractivity contribution >= 4 is 17.4 Å². The zero-order valence-electron chi connectivity index (χ0n) is 8.24. The van der Waals surface area contributed by atoms with Gasteiger partial charge in [-0.1, -0.05) is 11.6 Å². The molecular formula is C7H7ClN6O2. The van der Waals surface area contributed by atoms with E-state index >= 15 is 0 Å². The highest BCUT2D eigenvalue weighted by molar-refractivity contribution is 6.32. The third-order valence-corrected chi connectivity index (χ3v) is 2.25. The summed E-state index contributed by atoms with van der Waals surface area (Å²) in [6.07, 6.45) is 2.78. The van der Waals surface area contributed by atoms with Gasteiger partial charge in [-0.25, -0.2) is 4.98 Å². The van der Waals surface area contributed by atoms with Gasteiger partial charge in [0.15, 0.2) is 5.02 Å². The molecule has 0 aromatic carbocycles. The van der Waals surface area contributed by atoms with Crippen molar-refractivity contribution in [1.29, 1.82) is 0 Å². The van der Waals surface area contributed by atoms with Gasteiger partial charge in [0.05, 0.1) is 11.3 Å². The van der Waals surface area contributed by atoms with Crippen molar-refractivity contribution in [1.82, 2.24) is 24.5 Å². The van der Waals surface area contributed by atoms with E-state index in [2.05, 4.69) is 15.2 Å². The van der Waals surface area contributed by atoms with Gasteiger partial charge in [-0.3, -0.25) is 4.68 Å². The molecule has 0 fully saturated rings. The number of nitrogens with zero attached hydrogens (tertiary/aromatic N) is 6. The summed E-state index contributed by atoms with van der Waals surface area (Å²) in [4.78, 5) is 13.9. The second-order valence-corrected chi connectivity index (χ2v) is 3.46. The molecule has 0 saturated heterocycles. The van der Waals surface area contributed by atoms with E-state index in [1.807, 2.05) is 0 Å². The van der Waals surface area contributed by atoms with Crippen LogP contribution in [0.5, 0.6) is 0 Å². The first kappa shape index (κ1) is 10.6. The Labute approximate surface area is 94.6 Å². The monoisotopic (exact) mass is 242 g/mol. The minimum atomic E-state index is -0.629. The maximum Gasteiger partial charge on any atom is 0.408 e. The molecule has 8 nitrogen and oxygen atoms in total. The molecule has 2 aromatic rings. The van der Waals surface area contributed by atoms with Gasteiger partial charge in [-0.2, -0.15) is 9.78 Å². The number of rotatable bonds is 3. The smallest absolute Gasteiger partial charge is 0.358 e. The van der Waals surface area contributed by atoms with Crippen LogP contribution >= 0.6 is 11.6 Å². The zero-order valence-corrected chi connectivity index (χ0v) is 9.00. The fraction of sp³-hybridized carbons (Fsp3) is 0.286. The van der Waals surface area contributed by atoms with Crippen LogP contribution in [0.15, 0.2) is 12.5 Å². The molecule has 0 radical (unpaired) electrons. The first-order chi connectivity index (χ1) is 7.58. The van der Waals surface area contributed by atoms with Crippen LogP contribution in [0.1, 0.15) is 5.82 Å². The first-order valence-electron chi connectivity index (χ1n) is 4.28. The molecule has 16 heavy (non-hydrogen) atoms. The highest BCUT2D eigenvalue weighted by Gasteiger charge is 2.19. The lowest BCUT2D eigenvalue weighted by Gasteiger charge is -1.95. The average Bonchev–Trinajstić information content (AvgIpc) is 2.75. The van der Waals surface area contributed by atoms with E-state index in [1.54, 1.807) is 11.7 Å². The second-order valence-electron chi connectivity index (χ2n) is 3.06. The summed E-state index contributed by atoms with van der Waals surface area (Å²) in [6, 6.07) is 0. The number of halogens is 1. The Kier molecular flexibility index (Phi) is 2.57. The fourth-order valence-corrected chi connectivity index (χ4v) is 1.42. The maximum absolute atomic E-state index is 10.5. The Hall–Kier alpha value is -1.96. The number of hydrogen-bond donors (Lipinski definition) is 0. The normalized spacial score (nSPS) is 10.6. The molecule has 0 aliphatic carbocycles. The maximum atomic E-state index is 10.5. The van der Waals surface area contributed by atoms with Crippen LogP contribution in [0.2, 0.25) is 5.02 Å². The third kappa shape index (κ3) is 1.87. The largest absolute Gasteiger partial charge is 0.408 e. The second kappa shape index (κ2) is 3.89. The Bertz CT molecular complexity index is 533. The number of nitro groups is 1. The van der Waals surface area contributed by atoms with Crippen LogP contribution in [-0.2, 0) is 13.6 Å². The Morgan fingerprint density at radius 3 is 2.88 bits per heavy atom. The summed E-state index contributed by atoms with van der Waals surface area (Å²) in [5, 5.41) is 18.1. The average molecular weight is 243 g/mol.